The first-order valence-electron chi connectivity index (χ1n) is 7.79. The van der Waals surface area contributed by atoms with Crippen LogP contribution in [0.3, 0.4) is 0 Å². The molecular weight excluding hydrogens is 314 g/mol. The average Bonchev–Trinajstić information content (AvgIpc) is 2.46. The molecule has 1 aromatic carbocycles. The minimum atomic E-state index is -0.203. The lowest BCUT2D eigenvalue weighted by Crippen LogP contribution is -2.52. The maximum Gasteiger partial charge on any atom is 0.234 e. The molecule has 0 bridgehead atoms. The van der Waals surface area contributed by atoms with E-state index in [0.717, 1.165) is 30.9 Å². The molecule has 1 fully saturated rings. The molecule has 2 N–H and O–H groups in total. The summed E-state index contributed by atoms with van der Waals surface area (Å²) in [7, 11) is 1.69. The van der Waals surface area contributed by atoms with Crippen molar-refractivity contribution in [3.8, 4) is 5.75 Å². The zero-order valence-electron chi connectivity index (χ0n) is 14.4. The van der Waals surface area contributed by atoms with Crippen LogP contribution in [0.5, 0.6) is 5.75 Å². The Hall–Kier alpha value is -1.30. The molecule has 2 rings (SSSR count). The van der Waals surface area contributed by atoms with Crippen molar-refractivity contribution < 1.29 is 9.53 Å². The van der Waals surface area contributed by atoms with Gasteiger partial charge in [-0.1, -0.05) is 18.2 Å². The molecule has 0 aromatic heterocycles. The van der Waals surface area contributed by atoms with Crippen LogP contribution < -0.4 is 15.4 Å². The number of para-hydroxylation sites is 1. The van der Waals surface area contributed by atoms with Crippen molar-refractivity contribution in [2.45, 2.75) is 32.4 Å². The van der Waals surface area contributed by atoms with E-state index in [-0.39, 0.29) is 29.9 Å². The SMILES string of the molecule is COc1ccccc1C1CNCCN1CC(=O)NC(C)(C)C.Cl. The van der Waals surface area contributed by atoms with Gasteiger partial charge in [0.05, 0.1) is 19.7 Å². The molecule has 1 heterocycles. The van der Waals surface area contributed by atoms with E-state index in [1.54, 1.807) is 7.11 Å². The number of hydrogen-bond donors (Lipinski definition) is 2. The Labute approximate surface area is 145 Å². The fraction of sp³-hybridized carbons (Fsp3) is 0.588. The highest BCUT2D eigenvalue weighted by Gasteiger charge is 2.28. The van der Waals surface area contributed by atoms with Crippen LogP contribution in [-0.4, -0.2) is 49.6 Å². The summed E-state index contributed by atoms with van der Waals surface area (Å²) in [4.78, 5) is 14.5. The number of carbonyl (C=O) groups is 1. The molecule has 0 spiro atoms. The lowest BCUT2D eigenvalue weighted by Gasteiger charge is -2.37. The number of nitrogens with one attached hydrogen (secondary N) is 2. The van der Waals surface area contributed by atoms with Gasteiger partial charge in [-0.3, -0.25) is 9.69 Å². The third-order valence-corrected chi connectivity index (χ3v) is 3.71. The van der Waals surface area contributed by atoms with Crippen LogP contribution in [-0.2, 0) is 4.79 Å². The van der Waals surface area contributed by atoms with Crippen LogP contribution in [0.1, 0.15) is 32.4 Å². The van der Waals surface area contributed by atoms with Crippen LogP contribution in [0.2, 0.25) is 0 Å². The van der Waals surface area contributed by atoms with Crippen molar-refractivity contribution >= 4 is 18.3 Å². The molecule has 5 nitrogen and oxygen atoms in total. The molecule has 1 aromatic rings. The number of methoxy groups -OCH3 is 1. The molecule has 0 saturated carbocycles. The lowest BCUT2D eigenvalue weighted by molar-refractivity contribution is -0.124. The molecule has 1 saturated heterocycles. The molecular formula is C17H28ClN3O2. The van der Waals surface area contributed by atoms with Gasteiger partial charge < -0.3 is 15.4 Å². The van der Waals surface area contributed by atoms with Gasteiger partial charge in [-0.25, -0.2) is 0 Å². The third-order valence-electron chi connectivity index (χ3n) is 3.71. The second-order valence-electron chi connectivity index (χ2n) is 6.73. The molecule has 1 atom stereocenters. The predicted molar refractivity (Wildman–Crippen MR) is 95.3 cm³/mol. The van der Waals surface area contributed by atoms with Crippen molar-refractivity contribution in [3.05, 3.63) is 29.8 Å². The fourth-order valence-electron chi connectivity index (χ4n) is 2.83. The van der Waals surface area contributed by atoms with E-state index in [2.05, 4.69) is 21.6 Å². The van der Waals surface area contributed by atoms with Crippen LogP contribution >= 0.6 is 12.4 Å². The molecule has 0 radical (unpaired) electrons. The number of halogens is 1. The molecule has 1 aliphatic rings. The first-order chi connectivity index (χ1) is 10.4. The molecule has 1 unspecified atom stereocenters. The number of benzene rings is 1. The van der Waals surface area contributed by atoms with Gasteiger partial charge in [0, 0.05) is 30.7 Å². The number of ether oxygens (including phenoxy) is 1. The number of amides is 1. The maximum absolute atomic E-state index is 12.3. The summed E-state index contributed by atoms with van der Waals surface area (Å²) in [6.07, 6.45) is 0. The topological polar surface area (TPSA) is 53.6 Å². The molecule has 1 amide bonds. The van der Waals surface area contributed by atoms with E-state index in [9.17, 15) is 4.79 Å². The highest BCUT2D eigenvalue weighted by molar-refractivity contribution is 5.85. The van der Waals surface area contributed by atoms with E-state index < -0.39 is 0 Å². The number of nitrogens with zero attached hydrogens (tertiary/aromatic N) is 1. The van der Waals surface area contributed by atoms with Crippen molar-refractivity contribution in [2.75, 3.05) is 33.3 Å². The normalized spacial score (nSPS) is 18.9. The Kier molecular flexibility index (Phi) is 7.32. The summed E-state index contributed by atoms with van der Waals surface area (Å²) in [5.41, 5.74) is 0.922. The smallest absolute Gasteiger partial charge is 0.234 e. The largest absolute Gasteiger partial charge is 0.496 e. The van der Waals surface area contributed by atoms with Gasteiger partial charge in [0.2, 0.25) is 5.91 Å². The first kappa shape index (κ1) is 19.7. The van der Waals surface area contributed by atoms with Gasteiger partial charge in [0.15, 0.2) is 0 Å². The summed E-state index contributed by atoms with van der Waals surface area (Å²) >= 11 is 0. The second-order valence-corrected chi connectivity index (χ2v) is 6.73. The van der Waals surface area contributed by atoms with Crippen LogP contribution in [0.4, 0.5) is 0 Å². The second kappa shape index (κ2) is 8.52. The Morgan fingerprint density at radius 1 is 1.39 bits per heavy atom. The summed E-state index contributed by atoms with van der Waals surface area (Å²) < 4.78 is 5.48. The van der Waals surface area contributed by atoms with Gasteiger partial charge in [-0.2, -0.15) is 0 Å². The standard InChI is InChI=1S/C17H27N3O2.ClH/c1-17(2,3)19-16(21)12-20-10-9-18-11-14(20)13-7-5-6-8-15(13)22-4;/h5-8,14,18H,9-12H2,1-4H3,(H,19,21);1H. The number of hydrogen-bond acceptors (Lipinski definition) is 4. The monoisotopic (exact) mass is 341 g/mol. The van der Waals surface area contributed by atoms with E-state index in [1.165, 1.54) is 0 Å². The molecule has 23 heavy (non-hydrogen) atoms. The highest BCUT2D eigenvalue weighted by atomic mass is 35.5. The van der Waals surface area contributed by atoms with E-state index in [0.29, 0.717) is 6.54 Å². The van der Waals surface area contributed by atoms with E-state index >= 15 is 0 Å². The summed E-state index contributed by atoms with van der Waals surface area (Å²) in [5.74, 6) is 0.937. The molecule has 1 aliphatic heterocycles. The summed E-state index contributed by atoms with van der Waals surface area (Å²) in [6.45, 7) is 8.97. The molecule has 0 aliphatic carbocycles. The van der Waals surface area contributed by atoms with Gasteiger partial charge in [-0.05, 0) is 26.8 Å². The van der Waals surface area contributed by atoms with Crippen molar-refractivity contribution in [3.63, 3.8) is 0 Å². The third kappa shape index (κ3) is 5.68. The molecule has 130 valence electrons. The zero-order chi connectivity index (χ0) is 16.2. The zero-order valence-corrected chi connectivity index (χ0v) is 15.2. The van der Waals surface area contributed by atoms with Gasteiger partial charge in [0.25, 0.3) is 0 Å². The highest BCUT2D eigenvalue weighted by Crippen LogP contribution is 2.29. The minimum absolute atomic E-state index is 0. The first-order valence-corrected chi connectivity index (χ1v) is 7.79. The average molecular weight is 342 g/mol. The van der Waals surface area contributed by atoms with Gasteiger partial charge in [0.1, 0.15) is 5.75 Å². The predicted octanol–water partition coefficient (Wildman–Crippen LogP) is 1.98. The Morgan fingerprint density at radius 2 is 2.09 bits per heavy atom. The van der Waals surface area contributed by atoms with E-state index in [4.69, 9.17) is 4.74 Å². The van der Waals surface area contributed by atoms with Crippen LogP contribution in [0.25, 0.3) is 0 Å². The quantitative estimate of drug-likeness (QED) is 0.879. The van der Waals surface area contributed by atoms with Crippen molar-refractivity contribution in [1.82, 2.24) is 15.5 Å². The Balaban J connectivity index is 0.00000264. The van der Waals surface area contributed by atoms with Crippen LogP contribution in [0, 0.1) is 0 Å². The number of piperazine rings is 1. The van der Waals surface area contributed by atoms with Gasteiger partial charge in [-0.15, -0.1) is 12.4 Å². The maximum atomic E-state index is 12.3. The fourth-order valence-corrected chi connectivity index (χ4v) is 2.83. The lowest BCUT2D eigenvalue weighted by atomic mass is 10.0. The summed E-state index contributed by atoms with van der Waals surface area (Å²) in [5, 5.41) is 6.44. The van der Waals surface area contributed by atoms with Crippen molar-refractivity contribution in [2.24, 2.45) is 0 Å². The number of rotatable bonds is 4. The minimum Gasteiger partial charge on any atom is -0.496 e. The van der Waals surface area contributed by atoms with Crippen molar-refractivity contribution in [1.29, 1.82) is 0 Å². The number of carbonyl (C=O) groups excluding carboxylic acids is 1. The Bertz CT molecular complexity index is 517. The van der Waals surface area contributed by atoms with E-state index in [1.807, 2.05) is 39.0 Å². The van der Waals surface area contributed by atoms with Gasteiger partial charge >= 0.3 is 0 Å². The summed E-state index contributed by atoms with van der Waals surface area (Å²) in [6, 6.07) is 8.17. The molecule has 6 heteroatoms. The Morgan fingerprint density at radius 3 is 2.74 bits per heavy atom. The van der Waals surface area contributed by atoms with Crippen LogP contribution in [0.15, 0.2) is 24.3 Å².